The van der Waals surface area contributed by atoms with Gasteiger partial charge in [-0.1, -0.05) is 18.5 Å². The maximum absolute atomic E-state index is 11.7. The highest BCUT2D eigenvalue weighted by Gasteiger charge is 2.22. The fourth-order valence-electron chi connectivity index (χ4n) is 3.25. The monoisotopic (exact) mass is 449 g/mol. The first-order chi connectivity index (χ1) is 13.8. The average Bonchev–Trinajstić information content (AvgIpc) is 3.08. The van der Waals surface area contributed by atoms with Gasteiger partial charge in [0.1, 0.15) is 0 Å². The van der Waals surface area contributed by atoms with Crippen molar-refractivity contribution in [3.05, 3.63) is 53.3 Å². The maximum Gasteiger partial charge on any atom is 0.175 e. The van der Waals surface area contributed by atoms with Crippen LogP contribution in [0.3, 0.4) is 0 Å². The molecule has 0 saturated carbocycles. The van der Waals surface area contributed by atoms with Crippen LogP contribution in [0.5, 0.6) is 0 Å². The molecule has 3 aromatic rings. The van der Waals surface area contributed by atoms with Crippen LogP contribution in [0.15, 0.2) is 52.3 Å². The van der Waals surface area contributed by atoms with E-state index in [4.69, 9.17) is 11.6 Å². The Bertz CT molecular complexity index is 1130. The van der Waals surface area contributed by atoms with Gasteiger partial charge < -0.3 is 4.90 Å². The summed E-state index contributed by atoms with van der Waals surface area (Å²) in [6.45, 7) is 3.60. The molecule has 152 valence electrons. The van der Waals surface area contributed by atoms with Crippen LogP contribution < -0.4 is 4.90 Å². The smallest absolute Gasteiger partial charge is 0.175 e. The lowest BCUT2D eigenvalue weighted by Gasteiger charge is -2.24. The molecule has 7 nitrogen and oxygen atoms in total. The van der Waals surface area contributed by atoms with Gasteiger partial charge in [-0.3, -0.25) is 0 Å². The third-order valence-corrected chi connectivity index (χ3v) is 7.37. The molecule has 1 aromatic heterocycles. The van der Waals surface area contributed by atoms with E-state index in [1.165, 1.54) is 11.2 Å². The Hall–Kier alpha value is -2.10. The number of hydrogen-bond acceptors (Lipinski definition) is 7. The third kappa shape index (κ3) is 4.41. The fourth-order valence-corrected chi connectivity index (χ4v) is 5.15. The third-order valence-electron chi connectivity index (χ3n) is 4.77. The van der Waals surface area contributed by atoms with Gasteiger partial charge in [-0.05, 0) is 59.3 Å². The first-order valence-electron chi connectivity index (χ1n) is 9.10. The Kier molecular flexibility index (Phi) is 5.54. The lowest BCUT2D eigenvalue weighted by molar-refractivity contribution is 0.602. The van der Waals surface area contributed by atoms with Crippen LogP contribution in [0.25, 0.3) is 5.69 Å². The molecular formula is C19H20ClN5O2S2. The summed E-state index contributed by atoms with van der Waals surface area (Å²) in [7, 11) is -3.25. The summed E-state index contributed by atoms with van der Waals surface area (Å²) in [4.78, 5) is 3.69. The molecule has 0 N–H and O–H groups in total. The van der Waals surface area contributed by atoms with Gasteiger partial charge in [-0.2, -0.15) is 4.68 Å². The van der Waals surface area contributed by atoms with E-state index < -0.39 is 9.84 Å². The number of tetrazole rings is 1. The number of benzene rings is 2. The maximum atomic E-state index is 11.7. The van der Waals surface area contributed by atoms with Gasteiger partial charge in [0, 0.05) is 28.0 Å². The fraction of sp³-hybridized carbons (Fsp3) is 0.316. The number of anilines is 1. The molecule has 0 unspecified atom stereocenters. The molecule has 10 heteroatoms. The van der Waals surface area contributed by atoms with Crippen molar-refractivity contribution in [3.8, 4) is 5.69 Å². The van der Waals surface area contributed by atoms with E-state index in [2.05, 4.69) is 33.4 Å². The number of hydrogen-bond donors (Lipinski definition) is 0. The summed E-state index contributed by atoms with van der Waals surface area (Å²) in [6.07, 6.45) is 2.22. The number of rotatable bonds is 4. The normalized spacial score (nSPS) is 17.1. The summed E-state index contributed by atoms with van der Waals surface area (Å²) in [5, 5.41) is 13.3. The second-order valence-corrected chi connectivity index (χ2v) is 11.0. The van der Waals surface area contributed by atoms with Crippen LogP contribution in [-0.2, 0) is 16.4 Å². The number of sulfone groups is 1. The molecule has 0 bridgehead atoms. The molecule has 0 saturated heterocycles. The molecule has 2 heterocycles. The van der Waals surface area contributed by atoms with E-state index in [1.807, 2.05) is 23.9 Å². The Balaban J connectivity index is 1.65. The van der Waals surface area contributed by atoms with Crippen molar-refractivity contribution < 1.29 is 8.42 Å². The van der Waals surface area contributed by atoms with Crippen molar-refractivity contribution in [2.24, 2.45) is 0 Å². The molecule has 0 amide bonds. The standard InChI is InChI=1S/C19H20ClN5O2S2/c1-13-9-10-24(17-11-14(20)3-8-18(17)28-13)12-19-21-22-23-25(19)15-4-6-16(7-5-15)29(2,26)27/h3-8,11,13H,9-10,12H2,1-2H3/t13-/m0/s1. The molecule has 2 aromatic carbocycles. The molecule has 1 atom stereocenters. The SMILES string of the molecule is C[C@H]1CCN(Cc2nnnn2-c2ccc(S(C)(=O)=O)cc2)c2cc(Cl)ccc2S1. The molecule has 0 aliphatic carbocycles. The van der Waals surface area contributed by atoms with E-state index >= 15 is 0 Å². The minimum absolute atomic E-state index is 0.262. The zero-order chi connectivity index (χ0) is 20.6. The van der Waals surface area contributed by atoms with E-state index in [0.717, 1.165) is 18.7 Å². The van der Waals surface area contributed by atoms with E-state index in [1.54, 1.807) is 28.9 Å². The van der Waals surface area contributed by atoms with Crippen molar-refractivity contribution >= 4 is 38.9 Å². The van der Waals surface area contributed by atoms with Crippen molar-refractivity contribution in [1.29, 1.82) is 0 Å². The van der Waals surface area contributed by atoms with Crippen LogP contribution in [0.2, 0.25) is 5.02 Å². The Labute approximate surface area is 179 Å². The Morgan fingerprint density at radius 1 is 1.21 bits per heavy atom. The van der Waals surface area contributed by atoms with E-state index in [9.17, 15) is 8.42 Å². The van der Waals surface area contributed by atoms with Gasteiger partial charge in [-0.25, -0.2) is 8.42 Å². The van der Waals surface area contributed by atoms with Crippen LogP contribution >= 0.6 is 23.4 Å². The number of nitrogens with zero attached hydrogens (tertiary/aromatic N) is 5. The minimum Gasteiger partial charge on any atom is -0.363 e. The van der Waals surface area contributed by atoms with Gasteiger partial charge in [0.15, 0.2) is 15.7 Å². The van der Waals surface area contributed by atoms with E-state index in [-0.39, 0.29) is 4.90 Å². The second-order valence-electron chi connectivity index (χ2n) is 7.02. The van der Waals surface area contributed by atoms with Crippen molar-refractivity contribution in [1.82, 2.24) is 20.2 Å². The minimum atomic E-state index is -3.25. The first-order valence-corrected chi connectivity index (χ1v) is 12.2. The van der Waals surface area contributed by atoms with E-state index in [0.29, 0.717) is 28.3 Å². The zero-order valence-electron chi connectivity index (χ0n) is 16.0. The Morgan fingerprint density at radius 3 is 2.69 bits per heavy atom. The topological polar surface area (TPSA) is 81.0 Å². The van der Waals surface area contributed by atoms with Crippen LogP contribution in [0.4, 0.5) is 5.69 Å². The quantitative estimate of drug-likeness (QED) is 0.601. The lowest BCUT2D eigenvalue weighted by Crippen LogP contribution is -2.26. The number of fused-ring (bicyclic) bond motifs is 1. The van der Waals surface area contributed by atoms with Crippen molar-refractivity contribution in [2.75, 3.05) is 17.7 Å². The largest absolute Gasteiger partial charge is 0.363 e. The highest BCUT2D eigenvalue weighted by molar-refractivity contribution is 8.00. The predicted octanol–water partition coefficient (Wildman–Crippen LogP) is 3.61. The molecule has 29 heavy (non-hydrogen) atoms. The van der Waals surface area contributed by atoms with Crippen molar-refractivity contribution in [2.45, 2.75) is 34.9 Å². The first kappa shape index (κ1) is 20.2. The van der Waals surface area contributed by atoms with Gasteiger partial charge >= 0.3 is 0 Å². The van der Waals surface area contributed by atoms with Crippen LogP contribution in [-0.4, -0.2) is 46.7 Å². The second kappa shape index (κ2) is 7.97. The molecule has 0 radical (unpaired) electrons. The van der Waals surface area contributed by atoms with Crippen LogP contribution in [0.1, 0.15) is 19.2 Å². The van der Waals surface area contributed by atoms with Gasteiger partial charge in [0.25, 0.3) is 0 Å². The molecule has 1 aliphatic rings. The molecule has 4 rings (SSSR count). The van der Waals surface area contributed by atoms with Crippen LogP contribution in [0, 0.1) is 0 Å². The summed E-state index contributed by atoms with van der Waals surface area (Å²) in [5.74, 6) is 0.669. The number of thioether (sulfide) groups is 1. The number of aromatic nitrogens is 4. The Morgan fingerprint density at radius 2 is 1.97 bits per heavy atom. The zero-order valence-corrected chi connectivity index (χ0v) is 18.4. The average molecular weight is 450 g/mol. The van der Waals surface area contributed by atoms with Gasteiger partial charge in [-0.15, -0.1) is 16.9 Å². The molecule has 0 fully saturated rings. The lowest BCUT2D eigenvalue weighted by atomic mass is 10.2. The summed E-state index contributed by atoms with van der Waals surface area (Å²) in [5.41, 5.74) is 1.79. The summed E-state index contributed by atoms with van der Waals surface area (Å²) >= 11 is 8.11. The number of halogens is 1. The molecule has 0 spiro atoms. The molecule has 1 aliphatic heterocycles. The molecular weight excluding hydrogens is 430 g/mol. The van der Waals surface area contributed by atoms with Gasteiger partial charge in [0.05, 0.1) is 22.8 Å². The van der Waals surface area contributed by atoms with Crippen molar-refractivity contribution in [3.63, 3.8) is 0 Å². The predicted molar refractivity (Wildman–Crippen MR) is 115 cm³/mol. The van der Waals surface area contributed by atoms with Gasteiger partial charge in [0.2, 0.25) is 0 Å². The highest BCUT2D eigenvalue weighted by atomic mass is 35.5. The summed E-state index contributed by atoms with van der Waals surface area (Å²) in [6, 6.07) is 12.5. The highest BCUT2D eigenvalue weighted by Crippen LogP contribution is 2.39. The summed E-state index contributed by atoms with van der Waals surface area (Å²) < 4.78 is 25.0.